The second-order valence-electron chi connectivity index (χ2n) is 5.28. The molecule has 1 atom stereocenters. The topological polar surface area (TPSA) is 66.8 Å². The van der Waals surface area contributed by atoms with Crippen molar-refractivity contribution < 1.29 is 19.4 Å². The van der Waals surface area contributed by atoms with Crippen molar-refractivity contribution in [2.75, 3.05) is 13.2 Å². The Morgan fingerprint density at radius 1 is 0.958 bits per heavy atom. The zero-order chi connectivity index (χ0) is 17.3. The van der Waals surface area contributed by atoms with E-state index in [0.717, 1.165) is 4.90 Å². The third-order valence-corrected chi connectivity index (χ3v) is 4.21. The molecule has 1 aliphatic heterocycles. The molecule has 0 aliphatic carbocycles. The van der Waals surface area contributed by atoms with Crippen LogP contribution in [-0.2, 0) is 0 Å². The Kier molecular flexibility index (Phi) is 4.76. The highest BCUT2D eigenvalue weighted by Gasteiger charge is 2.36. The van der Waals surface area contributed by atoms with Gasteiger partial charge in [-0.25, -0.2) is 0 Å². The van der Waals surface area contributed by atoms with Gasteiger partial charge in [0.2, 0.25) is 0 Å². The summed E-state index contributed by atoms with van der Waals surface area (Å²) in [7, 11) is 0. The normalized spacial score (nSPS) is 14.7. The molecule has 5 nitrogen and oxygen atoms in total. The summed E-state index contributed by atoms with van der Waals surface area (Å²) >= 11 is 12.0. The highest BCUT2D eigenvalue weighted by molar-refractivity contribution is 6.37. The van der Waals surface area contributed by atoms with Crippen LogP contribution < -0.4 is 4.74 Å². The van der Waals surface area contributed by atoms with Crippen LogP contribution in [0.5, 0.6) is 5.75 Å². The average molecular weight is 366 g/mol. The SMILES string of the molecule is O=C1c2ccccc2C(=O)N1C[C@H](O)COc1c(Cl)cccc1Cl. The molecule has 3 rings (SSSR count). The van der Waals surface area contributed by atoms with Crippen LogP contribution in [0.2, 0.25) is 10.0 Å². The molecule has 2 aromatic rings. The molecule has 0 saturated heterocycles. The van der Waals surface area contributed by atoms with Crippen molar-refractivity contribution in [2.45, 2.75) is 6.10 Å². The van der Waals surface area contributed by atoms with Crippen molar-refractivity contribution in [3.8, 4) is 5.75 Å². The minimum atomic E-state index is -1.07. The number of carbonyl (C=O) groups is 2. The maximum Gasteiger partial charge on any atom is 0.261 e. The van der Waals surface area contributed by atoms with E-state index in [1.165, 1.54) is 0 Å². The van der Waals surface area contributed by atoms with Gasteiger partial charge in [-0.1, -0.05) is 41.4 Å². The molecule has 1 heterocycles. The van der Waals surface area contributed by atoms with Crippen LogP contribution in [0.4, 0.5) is 0 Å². The molecule has 1 aliphatic rings. The number of nitrogens with zero attached hydrogens (tertiary/aromatic N) is 1. The number of imide groups is 1. The number of halogens is 2. The number of carbonyl (C=O) groups excluding carboxylic acids is 2. The Bertz CT molecular complexity index is 754. The summed E-state index contributed by atoms with van der Waals surface area (Å²) in [6.07, 6.45) is -1.07. The lowest BCUT2D eigenvalue weighted by Crippen LogP contribution is -2.39. The number of fused-ring (bicyclic) bond motifs is 1. The number of amides is 2. The first-order valence-corrected chi connectivity index (χ1v) is 7.94. The number of aliphatic hydroxyl groups excluding tert-OH is 1. The largest absolute Gasteiger partial charge is 0.488 e. The van der Waals surface area contributed by atoms with Crippen molar-refractivity contribution in [1.82, 2.24) is 4.90 Å². The fraction of sp³-hybridized carbons (Fsp3) is 0.176. The number of rotatable bonds is 5. The second kappa shape index (κ2) is 6.81. The molecular formula is C17H13Cl2NO4. The third-order valence-electron chi connectivity index (χ3n) is 3.61. The van der Waals surface area contributed by atoms with Gasteiger partial charge in [-0.2, -0.15) is 0 Å². The van der Waals surface area contributed by atoms with Crippen LogP contribution in [0.3, 0.4) is 0 Å². The Morgan fingerprint density at radius 3 is 2.04 bits per heavy atom. The minimum Gasteiger partial charge on any atom is -0.488 e. The third kappa shape index (κ3) is 3.11. The summed E-state index contributed by atoms with van der Waals surface area (Å²) < 4.78 is 5.42. The summed E-state index contributed by atoms with van der Waals surface area (Å²) in [6.45, 7) is -0.328. The van der Waals surface area contributed by atoms with Gasteiger partial charge < -0.3 is 9.84 Å². The van der Waals surface area contributed by atoms with Crippen molar-refractivity contribution in [2.24, 2.45) is 0 Å². The summed E-state index contributed by atoms with van der Waals surface area (Å²) in [6, 6.07) is 11.4. The molecule has 24 heavy (non-hydrogen) atoms. The van der Waals surface area contributed by atoms with E-state index in [4.69, 9.17) is 27.9 Å². The van der Waals surface area contributed by atoms with E-state index < -0.39 is 17.9 Å². The summed E-state index contributed by atoms with van der Waals surface area (Å²) in [5, 5.41) is 10.7. The molecule has 7 heteroatoms. The minimum absolute atomic E-state index is 0.156. The van der Waals surface area contributed by atoms with Crippen molar-refractivity contribution in [1.29, 1.82) is 0 Å². The van der Waals surface area contributed by atoms with Crippen molar-refractivity contribution in [3.05, 3.63) is 63.6 Å². The lowest BCUT2D eigenvalue weighted by Gasteiger charge is -2.19. The van der Waals surface area contributed by atoms with Gasteiger partial charge in [-0.05, 0) is 24.3 Å². The van der Waals surface area contributed by atoms with Gasteiger partial charge >= 0.3 is 0 Å². The molecule has 1 N–H and O–H groups in total. The summed E-state index contributed by atoms with van der Waals surface area (Å²) in [4.78, 5) is 25.5. The quantitative estimate of drug-likeness (QED) is 0.827. The first-order chi connectivity index (χ1) is 11.5. The van der Waals surface area contributed by atoms with Crippen molar-refractivity contribution >= 4 is 35.0 Å². The zero-order valence-electron chi connectivity index (χ0n) is 12.4. The van der Waals surface area contributed by atoms with Gasteiger partial charge in [0, 0.05) is 0 Å². The van der Waals surface area contributed by atoms with E-state index in [9.17, 15) is 14.7 Å². The lowest BCUT2D eigenvalue weighted by atomic mass is 10.1. The second-order valence-corrected chi connectivity index (χ2v) is 6.10. The molecule has 0 aromatic heterocycles. The zero-order valence-corrected chi connectivity index (χ0v) is 13.9. The predicted octanol–water partition coefficient (Wildman–Crippen LogP) is 3.03. The van der Waals surface area contributed by atoms with Crippen LogP contribution in [0.25, 0.3) is 0 Å². The summed E-state index contributed by atoms with van der Waals surface area (Å²) in [5.74, 6) is -0.599. The molecule has 2 amide bonds. The van der Waals surface area contributed by atoms with Crippen LogP contribution in [0.1, 0.15) is 20.7 Å². The molecule has 124 valence electrons. The Morgan fingerprint density at radius 2 is 1.50 bits per heavy atom. The van der Waals surface area contributed by atoms with Crippen LogP contribution in [0, 0.1) is 0 Å². The van der Waals surface area contributed by atoms with E-state index in [0.29, 0.717) is 21.2 Å². The first kappa shape index (κ1) is 16.8. The number of hydrogen-bond donors (Lipinski definition) is 1. The number of hydrogen-bond acceptors (Lipinski definition) is 4. The number of ether oxygens (including phenoxy) is 1. The van der Waals surface area contributed by atoms with Gasteiger partial charge in [-0.3, -0.25) is 14.5 Å². The van der Waals surface area contributed by atoms with E-state index >= 15 is 0 Å². The van der Waals surface area contributed by atoms with E-state index in [1.807, 2.05) is 0 Å². The molecule has 0 spiro atoms. The highest BCUT2D eigenvalue weighted by Crippen LogP contribution is 2.32. The summed E-state index contributed by atoms with van der Waals surface area (Å²) in [5.41, 5.74) is 0.675. The molecule has 2 aromatic carbocycles. The predicted molar refractivity (Wildman–Crippen MR) is 89.8 cm³/mol. The number of aliphatic hydroxyl groups is 1. The molecular weight excluding hydrogens is 353 g/mol. The van der Waals surface area contributed by atoms with Crippen LogP contribution >= 0.6 is 23.2 Å². The lowest BCUT2D eigenvalue weighted by molar-refractivity contribution is 0.0457. The van der Waals surface area contributed by atoms with Gasteiger partial charge in [0.25, 0.3) is 11.8 Å². The Hall–Kier alpha value is -2.08. The van der Waals surface area contributed by atoms with Gasteiger partial charge in [0.05, 0.1) is 27.7 Å². The number of benzene rings is 2. The molecule has 0 unspecified atom stereocenters. The van der Waals surface area contributed by atoms with E-state index in [1.54, 1.807) is 42.5 Å². The monoisotopic (exact) mass is 365 g/mol. The molecule has 0 bridgehead atoms. The maximum absolute atomic E-state index is 12.2. The Balaban J connectivity index is 1.65. The number of β-amino-alcohol motifs (C(OH)–C–C–N with tert-alkyl or cyclic N) is 1. The highest BCUT2D eigenvalue weighted by atomic mass is 35.5. The van der Waals surface area contributed by atoms with Gasteiger partial charge in [0.1, 0.15) is 12.7 Å². The standard InChI is InChI=1S/C17H13Cl2NO4/c18-13-6-3-7-14(19)15(13)24-9-10(21)8-20-16(22)11-4-1-2-5-12(11)17(20)23/h1-7,10,21H,8-9H2/t10-/m0/s1. The maximum atomic E-state index is 12.2. The van der Waals surface area contributed by atoms with Gasteiger partial charge in [-0.15, -0.1) is 0 Å². The van der Waals surface area contributed by atoms with Crippen molar-refractivity contribution in [3.63, 3.8) is 0 Å². The smallest absolute Gasteiger partial charge is 0.261 e. The first-order valence-electron chi connectivity index (χ1n) is 7.19. The average Bonchev–Trinajstić information content (AvgIpc) is 2.80. The Labute approximate surface area is 148 Å². The van der Waals surface area contributed by atoms with Gasteiger partial charge in [0.15, 0.2) is 5.75 Å². The number of para-hydroxylation sites is 1. The fourth-order valence-corrected chi connectivity index (χ4v) is 2.97. The molecule has 0 radical (unpaired) electrons. The molecule has 0 fully saturated rings. The van der Waals surface area contributed by atoms with E-state index in [-0.39, 0.29) is 18.9 Å². The van der Waals surface area contributed by atoms with Crippen LogP contribution in [0.15, 0.2) is 42.5 Å². The van der Waals surface area contributed by atoms with Crippen LogP contribution in [-0.4, -0.2) is 41.1 Å². The molecule has 0 saturated carbocycles. The van der Waals surface area contributed by atoms with E-state index in [2.05, 4.69) is 0 Å². The fourth-order valence-electron chi connectivity index (χ4n) is 2.47.